The fourth-order valence-electron chi connectivity index (χ4n) is 3.89. The Kier molecular flexibility index (Phi) is 5.42. The maximum atomic E-state index is 12.8. The SMILES string of the molecule is Cc1ccc(C(=O)N2CCN(C(C)C(=O)N3CCCC3)CC2)c(C)c1. The third-order valence-corrected chi connectivity index (χ3v) is 5.54. The van der Waals surface area contributed by atoms with Crippen molar-refractivity contribution in [1.82, 2.24) is 14.7 Å². The van der Waals surface area contributed by atoms with Crippen LogP contribution in [0.2, 0.25) is 0 Å². The average Bonchev–Trinajstić information content (AvgIpc) is 3.15. The zero-order chi connectivity index (χ0) is 18.0. The van der Waals surface area contributed by atoms with Gasteiger partial charge in [-0.25, -0.2) is 0 Å². The van der Waals surface area contributed by atoms with Crippen molar-refractivity contribution in [2.75, 3.05) is 39.3 Å². The van der Waals surface area contributed by atoms with Gasteiger partial charge in [0.2, 0.25) is 5.91 Å². The summed E-state index contributed by atoms with van der Waals surface area (Å²) >= 11 is 0. The lowest BCUT2D eigenvalue weighted by Crippen LogP contribution is -2.55. The first-order chi connectivity index (χ1) is 12.0. The summed E-state index contributed by atoms with van der Waals surface area (Å²) in [7, 11) is 0. The maximum absolute atomic E-state index is 12.8. The van der Waals surface area contributed by atoms with Crippen LogP contribution in [0.3, 0.4) is 0 Å². The van der Waals surface area contributed by atoms with Gasteiger partial charge in [-0.2, -0.15) is 0 Å². The molecule has 0 spiro atoms. The molecule has 136 valence electrons. The quantitative estimate of drug-likeness (QED) is 0.844. The molecule has 2 aliphatic rings. The van der Waals surface area contributed by atoms with Gasteiger partial charge in [-0.15, -0.1) is 0 Å². The van der Waals surface area contributed by atoms with E-state index in [9.17, 15) is 9.59 Å². The number of carbonyl (C=O) groups is 2. The molecule has 2 fully saturated rings. The van der Waals surface area contributed by atoms with Crippen molar-refractivity contribution < 1.29 is 9.59 Å². The molecule has 1 aromatic carbocycles. The second-order valence-electron chi connectivity index (χ2n) is 7.35. The van der Waals surface area contributed by atoms with E-state index in [4.69, 9.17) is 0 Å². The van der Waals surface area contributed by atoms with Crippen LogP contribution < -0.4 is 0 Å². The summed E-state index contributed by atoms with van der Waals surface area (Å²) in [6.45, 7) is 10.7. The zero-order valence-corrected chi connectivity index (χ0v) is 15.6. The van der Waals surface area contributed by atoms with Gasteiger partial charge in [0.15, 0.2) is 0 Å². The highest BCUT2D eigenvalue weighted by Gasteiger charge is 2.31. The van der Waals surface area contributed by atoms with E-state index in [2.05, 4.69) is 11.0 Å². The molecule has 5 heteroatoms. The van der Waals surface area contributed by atoms with E-state index in [1.807, 2.05) is 42.7 Å². The minimum absolute atomic E-state index is 0.0866. The molecule has 1 aromatic rings. The summed E-state index contributed by atoms with van der Waals surface area (Å²) in [6.07, 6.45) is 2.24. The van der Waals surface area contributed by atoms with Crippen LogP contribution in [-0.2, 0) is 4.79 Å². The predicted molar refractivity (Wildman–Crippen MR) is 98.7 cm³/mol. The summed E-state index contributed by atoms with van der Waals surface area (Å²) in [5.41, 5.74) is 3.00. The number of aryl methyl sites for hydroxylation is 2. The van der Waals surface area contributed by atoms with Gasteiger partial charge in [0.1, 0.15) is 0 Å². The third kappa shape index (κ3) is 3.87. The maximum Gasteiger partial charge on any atom is 0.254 e. The number of piperazine rings is 1. The summed E-state index contributed by atoms with van der Waals surface area (Å²) in [5.74, 6) is 0.349. The number of hydrogen-bond donors (Lipinski definition) is 0. The highest BCUT2D eigenvalue weighted by Crippen LogP contribution is 2.17. The lowest BCUT2D eigenvalue weighted by molar-refractivity contribution is -0.135. The molecule has 1 unspecified atom stereocenters. The topological polar surface area (TPSA) is 43.9 Å². The molecule has 2 saturated heterocycles. The standard InChI is InChI=1S/C20H29N3O2/c1-15-6-7-18(16(2)14-15)20(25)23-12-10-21(11-13-23)17(3)19(24)22-8-4-5-9-22/h6-7,14,17H,4-5,8-13H2,1-3H3. The normalized spacial score (nSPS) is 20.0. The van der Waals surface area contributed by atoms with Gasteiger partial charge in [-0.05, 0) is 45.2 Å². The monoisotopic (exact) mass is 343 g/mol. The Morgan fingerprint density at radius 1 is 0.920 bits per heavy atom. The predicted octanol–water partition coefficient (Wildman–Crippen LogP) is 2.07. The molecule has 2 heterocycles. The Hall–Kier alpha value is -1.88. The van der Waals surface area contributed by atoms with E-state index in [1.165, 1.54) is 5.56 Å². The van der Waals surface area contributed by atoms with Crippen LogP contribution in [0.15, 0.2) is 18.2 Å². The van der Waals surface area contributed by atoms with Gasteiger partial charge in [-0.3, -0.25) is 14.5 Å². The van der Waals surface area contributed by atoms with Crippen LogP contribution >= 0.6 is 0 Å². The van der Waals surface area contributed by atoms with E-state index >= 15 is 0 Å². The largest absolute Gasteiger partial charge is 0.341 e. The number of benzene rings is 1. The molecule has 0 aliphatic carbocycles. The second kappa shape index (κ2) is 7.56. The van der Waals surface area contributed by atoms with Crippen molar-refractivity contribution >= 4 is 11.8 Å². The van der Waals surface area contributed by atoms with Crippen LogP contribution in [0.4, 0.5) is 0 Å². The van der Waals surface area contributed by atoms with E-state index in [0.29, 0.717) is 13.1 Å². The Morgan fingerprint density at radius 3 is 2.16 bits per heavy atom. The summed E-state index contributed by atoms with van der Waals surface area (Å²) < 4.78 is 0. The van der Waals surface area contributed by atoms with E-state index in [1.54, 1.807) is 0 Å². The van der Waals surface area contributed by atoms with Gasteiger partial charge in [-0.1, -0.05) is 17.7 Å². The number of nitrogens with zero attached hydrogens (tertiary/aromatic N) is 3. The number of carbonyl (C=O) groups excluding carboxylic acids is 2. The number of hydrogen-bond acceptors (Lipinski definition) is 3. The fraction of sp³-hybridized carbons (Fsp3) is 0.600. The molecule has 0 radical (unpaired) electrons. The van der Waals surface area contributed by atoms with Crippen LogP contribution in [0.1, 0.15) is 41.3 Å². The lowest BCUT2D eigenvalue weighted by Gasteiger charge is -2.38. The molecule has 1 atom stereocenters. The van der Waals surface area contributed by atoms with E-state index in [0.717, 1.165) is 50.1 Å². The molecule has 2 amide bonds. The molecule has 0 N–H and O–H groups in total. The molecular formula is C20H29N3O2. The van der Waals surface area contributed by atoms with Crippen LogP contribution in [0.25, 0.3) is 0 Å². The Balaban J connectivity index is 1.57. The molecule has 5 nitrogen and oxygen atoms in total. The van der Waals surface area contributed by atoms with Crippen LogP contribution in [0.5, 0.6) is 0 Å². The van der Waals surface area contributed by atoms with Gasteiger partial charge in [0.05, 0.1) is 6.04 Å². The van der Waals surface area contributed by atoms with E-state index < -0.39 is 0 Å². The Morgan fingerprint density at radius 2 is 1.56 bits per heavy atom. The highest BCUT2D eigenvalue weighted by atomic mass is 16.2. The van der Waals surface area contributed by atoms with Crippen molar-refractivity contribution in [3.8, 4) is 0 Å². The van der Waals surface area contributed by atoms with E-state index in [-0.39, 0.29) is 17.9 Å². The van der Waals surface area contributed by atoms with Gasteiger partial charge in [0, 0.05) is 44.8 Å². The number of likely N-dealkylation sites (tertiary alicyclic amines) is 1. The second-order valence-corrected chi connectivity index (χ2v) is 7.35. The first-order valence-electron chi connectivity index (χ1n) is 9.37. The van der Waals surface area contributed by atoms with Gasteiger partial charge < -0.3 is 9.80 Å². The number of amides is 2. The van der Waals surface area contributed by atoms with Crippen molar-refractivity contribution in [3.63, 3.8) is 0 Å². The molecule has 25 heavy (non-hydrogen) atoms. The fourth-order valence-corrected chi connectivity index (χ4v) is 3.89. The lowest BCUT2D eigenvalue weighted by atomic mass is 10.0. The zero-order valence-electron chi connectivity index (χ0n) is 15.6. The van der Waals surface area contributed by atoms with Gasteiger partial charge in [0.25, 0.3) is 5.91 Å². The van der Waals surface area contributed by atoms with Crippen molar-refractivity contribution in [2.45, 2.75) is 39.7 Å². The van der Waals surface area contributed by atoms with Crippen LogP contribution in [-0.4, -0.2) is 71.8 Å². The molecule has 0 saturated carbocycles. The minimum atomic E-state index is -0.0866. The van der Waals surface area contributed by atoms with Crippen molar-refractivity contribution in [2.24, 2.45) is 0 Å². The van der Waals surface area contributed by atoms with Crippen molar-refractivity contribution in [3.05, 3.63) is 34.9 Å². The molecule has 3 rings (SSSR count). The molecule has 0 aromatic heterocycles. The summed E-state index contributed by atoms with van der Waals surface area (Å²) in [6, 6.07) is 5.89. The molecule has 0 bridgehead atoms. The summed E-state index contributed by atoms with van der Waals surface area (Å²) in [5, 5.41) is 0. The first kappa shape index (κ1) is 17.9. The summed E-state index contributed by atoms with van der Waals surface area (Å²) in [4.78, 5) is 31.5. The van der Waals surface area contributed by atoms with Crippen LogP contribution in [0, 0.1) is 13.8 Å². The molecular weight excluding hydrogens is 314 g/mol. The smallest absolute Gasteiger partial charge is 0.254 e. The first-order valence-corrected chi connectivity index (χ1v) is 9.37. The number of rotatable bonds is 3. The Bertz CT molecular complexity index is 644. The Labute approximate surface area is 150 Å². The average molecular weight is 343 g/mol. The molecule has 2 aliphatic heterocycles. The highest BCUT2D eigenvalue weighted by molar-refractivity contribution is 5.95. The van der Waals surface area contributed by atoms with Crippen molar-refractivity contribution in [1.29, 1.82) is 0 Å². The third-order valence-electron chi connectivity index (χ3n) is 5.54. The minimum Gasteiger partial charge on any atom is -0.341 e. The van der Waals surface area contributed by atoms with Gasteiger partial charge >= 0.3 is 0 Å².